The Kier molecular flexibility index (Phi) is 4.99. The van der Waals surface area contributed by atoms with Crippen LogP contribution in [0.1, 0.15) is 56.8 Å². The Hall–Kier alpha value is -1.00. The molecule has 0 amide bonds. The van der Waals surface area contributed by atoms with Crippen molar-refractivity contribution < 1.29 is 13.9 Å². The maximum Gasteiger partial charge on any atom is 0.134 e. The summed E-state index contributed by atoms with van der Waals surface area (Å²) in [6.45, 7) is 7.04. The van der Waals surface area contributed by atoms with Crippen molar-refractivity contribution in [1.82, 2.24) is 4.90 Å². The summed E-state index contributed by atoms with van der Waals surface area (Å²) in [6, 6.07) is 2.63. The maximum absolute atomic E-state index is 14.3. The zero-order chi connectivity index (χ0) is 15.6. The second kappa shape index (κ2) is 6.41. The molecule has 0 spiro atoms. The van der Waals surface area contributed by atoms with Gasteiger partial charge in [0.25, 0.3) is 0 Å². The van der Waals surface area contributed by atoms with Gasteiger partial charge in [-0.3, -0.25) is 4.90 Å². The molecule has 1 atom stereocenters. The maximum atomic E-state index is 14.3. The van der Waals surface area contributed by atoms with Crippen LogP contribution in [0.3, 0.4) is 0 Å². The van der Waals surface area contributed by atoms with Gasteiger partial charge in [-0.1, -0.05) is 18.9 Å². The molecule has 0 aromatic heterocycles. The third-order valence-corrected chi connectivity index (χ3v) is 4.68. The standard InChI is InChI=1S/C17H25F2NO/c1-12-8-9-13(18)14(15(12)19)16(21)17(2,3)20-10-6-4-5-7-11-20/h8-9,16,21H,4-7,10-11H2,1-3H3. The van der Waals surface area contributed by atoms with Crippen LogP contribution in [0.4, 0.5) is 8.78 Å². The van der Waals surface area contributed by atoms with Crippen LogP contribution in [-0.4, -0.2) is 28.6 Å². The first kappa shape index (κ1) is 16.4. The SMILES string of the molecule is Cc1ccc(F)c(C(O)C(C)(C)N2CCCCCC2)c1F. The quantitative estimate of drug-likeness (QED) is 0.913. The van der Waals surface area contributed by atoms with E-state index in [-0.39, 0.29) is 5.56 Å². The van der Waals surface area contributed by atoms with E-state index in [2.05, 4.69) is 4.90 Å². The van der Waals surface area contributed by atoms with Crippen molar-refractivity contribution in [3.05, 3.63) is 34.9 Å². The van der Waals surface area contributed by atoms with Gasteiger partial charge in [-0.15, -0.1) is 0 Å². The van der Waals surface area contributed by atoms with E-state index >= 15 is 0 Å². The molecule has 0 radical (unpaired) electrons. The first-order chi connectivity index (χ1) is 9.85. The summed E-state index contributed by atoms with van der Waals surface area (Å²) in [7, 11) is 0. The van der Waals surface area contributed by atoms with Gasteiger partial charge in [-0.25, -0.2) is 8.78 Å². The van der Waals surface area contributed by atoms with Gasteiger partial charge in [-0.05, 0) is 58.3 Å². The summed E-state index contributed by atoms with van der Waals surface area (Å²) in [5.74, 6) is -1.31. The van der Waals surface area contributed by atoms with Crippen LogP contribution in [0.5, 0.6) is 0 Å². The number of nitrogens with zero attached hydrogens (tertiary/aromatic N) is 1. The van der Waals surface area contributed by atoms with E-state index in [1.807, 2.05) is 13.8 Å². The second-order valence-electron chi connectivity index (χ2n) is 6.55. The molecule has 1 saturated heterocycles. The highest BCUT2D eigenvalue weighted by atomic mass is 19.1. The first-order valence-electron chi connectivity index (χ1n) is 7.73. The van der Waals surface area contributed by atoms with Crippen molar-refractivity contribution >= 4 is 0 Å². The largest absolute Gasteiger partial charge is 0.386 e. The first-order valence-corrected chi connectivity index (χ1v) is 7.73. The molecule has 1 fully saturated rings. The highest BCUT2D eigenvalue weighted by molar-refractivity contribution is 5.30. The smallest absolute Gasteiger partial charge is 0.134 e. The monoisotopic (exact) mass is 297 g/mol. The van der Waals surface area contributed by atoms with Crippen LogP contribution in [0.25, 0.3) is 0 Å². The van der Waals surface area contributed by atoms with Crippen molar-refractivity contribution in [2.75, 3.05) is 13.1 Å². The molecule has 0 aliphatic carbocycles. The fourth-order valence-electron chi connectivity index (χ4n) is 3.10. The third-order valence-electron chi connectivity index (χ3n) is 4.68. The Balaban J connectivity index is 2.33. The minimum Gasteiger partial charge on any atom is -0.386 e. The Morgan fingerprint density at radius 3 is 2.24 bits per heavy atom. The molecular weight excluding hydrogens is 272 g/mol. The van der Waals surface area contributed by atoms with E-state index in [1.165, 1.54) is 25.0 Å². The Labute approximate surface area is 125 Å². The van der Waals surface area contributed by atoms with Crippen LogP contribution >= 0.6 is 0 Å². The molecule has 2 rings (SSSR count). The summed E-state index contributed by atoms with van der Waals surface area (Å²) in [5, 5.41) is 10.7. The summed E-state index contributed by atoms with van der Waals surface area (Å²) < 4.78 is 28.3. The van der Waals surface area contributed by atoms with Crippen LogP contribution < -0.4 is 0 Å². The number of aliphatic hydroxyl groups is 1. The van der Waals surface area contributed by atoms with E-state index in [4.69, 9.17) is 0 Å². The van der Waals surface area contributed by atoms with Crippen molar-refractivity contribution in [1.29, 1.82) is 0 Å². The van der Waals surface area contributed by atoms with Crippen LogP contribution in [0, 0.1) is 18.6 Å². The molecule has 0 bridgehead atoms. The minimum atomic E-state index is -1.18. The lowest BCUT2D eigenvalue weighted by molar-refractivity contribution is -0.0138. The van der Waals surface area contributed by atoms with Crippen LogP contribution in [0.2, 0.25) is 0 Å². The molecule has 21 heavy (non-hydrogen) atoms. The zero-order valence-electron chi connectivity index (χ0n) is 13.1. The average molecular weight is 297 g/mol. The number of rotatable bonds is 3. The molecule has 2 nitrogen and oxygen atoms in total. The van der Waals surface area contributed by atoms with E-state index in [0.29, 0.717) is 5.56 Å². The van der Waals surface area contributed by atoms with Gasteiger partial charge in [0, 0.05) is 5.54 Å². The molecule has 4 heteroatoms. The summed E-state index contributed by atoms with van der Waals surface area (Å²) in [4.78, 5) is 2.16. The number of hydrogen-bond acceptors (Lipinski definition) is 2. The number of aliphatic hydroxyl groups excluding tert-OH is 1. The number of likely N-dealkylation sites (tertiary alicyclic amines) is 1. The van der Waals surface area contributed by atoms with Gasteiger partial charge in [0.1, 0.15) is 17.7 Å². The van der Waals surface area contributed by atoms with E-state index in [0.717, 1.165) is 25.9 Å². The fourth-order valence-corrected chi connectivity index (χ4v) is 3.10. The fraction of sp³-hybridized carbons (Fsp3) is 0.647. The Bertz CT molecular complexity index is 494. The number of halogens is 2. The van der Waals surface area contributed by atoms with Gasteiger partial charge in [0.05, 0.1) is 5.56 Å². The van der Waals surface area contributed by atoms with Crippen molar-refractivity contribution in [3.8, 4) is 0 Å². The van der Waals surface area contributed by atoms with Crippen molar-refractivity contribution in [2.45, 2.75) is 58.1 Å². The third kappa shape index (κ3) is 3.27. The lowest BCUT2D eigenvalue weighted by Crippen LogP contribution is -2.49. The summed E-state index contributed by atoms with van der Waals surface area (Å²) in [6.07, 6.45) is 3.30. The van der Waals surface area contributed by atoms with Crippen LogP contribution in [-0.2, 0) is 0 Å². The molecule has 1 aliphatic heterocycles. The Morgan fingerprint density at radius 1 is 1.10 bits per heavy atom. The predicted molar refractivity (Wildman–Crippen MR) is 80.2 cm³/mol. The second-order valence-corrected chi connectivity index (χ2v) is 6.55. The molecule has 1 aliphatic rings. The lowest BCUT2D eigenvalue weighted by atomic mass is 9.87. The van der Waals surface area contributed by atoms with Gasteiger partial charge in [-0.2, -0.15) is 0 Å². The molecule has 1 heterocycles. The minimum absolute atomic E-state index is 0.204. The highest BCUT2D eigenvalue weighted by Crippen LogP contribution is 2.35. The molecule has 0 saturated carbocycles. The van der Waals surface area contributed by atoms with Gasteiger partial charge in [0.15, 0.2) is 0 Å². The predicted octanol–water partition coefficient (Wildman–Crippen LogP) is 3.96. The molecule has 1 aromatic carbocycles. The highest BCUT2D eigenvalue weighted by Gasteiger charge is 2.38. The van der Waals surface area contributed by atoms with Crippen molar-refractivity contribution in [3.63, 3.8) is 0 Å². The molecule has 1 aromatic rings. The van der Waals surface area contributed by atoms with Crippen molar-refractivity contribution in [2.24, 2.45) is 0 Å². The number of aryl methyl sites for hydroxylation is 1. The number of hydrogen-bond donors (Lipinski definition) is 1. The summed E-state index contributed by atoms with van der Waals surface area (Å²) >= 11 is 0. The normalized spacial score (nSPS) is 19.3. The molecule has 118 valence electrons. The molecule has 1 unspecified atom stereocenters. The summed E-state index contributed by atoms with van der Waals surface area (Å²) in [5.41, 5.74) is -0.541. The number of benzene rings is 1. The van der Waals surface area contributed by atoms with E-state index in [9.17, 15) is 13.9 Å². The van der Waals surface area contributed by atoms with Gasteiger partial charge >= 0.3 is 0 Å². The topological polar surface area (TPSA) is 23.5 Å². The average Bonchev–Trinajstić information content (AvgIpc) is 2.72. The van der Waals surface area contributed by atoms with E-state index < -0.39 is 23.3 Å². The van der Waals surface area contributed by atoms with Gasteiger partial charge < -0.3 is 5.11 Å². The molecule has 1 N–H and O–H groups in total. The lowest BCUT2D eigenvalue weighted by Gasteiger charge is -2.42. The Morgan fingerprint density at radius 2 is 1.67 bits per heavy atom. The van der Waals surface area contributed by atoms with E-state index in [1.54, 1.807) is 6.92 Å². The molecular formula is C17H25F2NO. The van der Waals surface area contributed by atoms with Crippen LogP contribution in [0.15, 0.2) is 12.1 Å². The zero-order valence-corrected chi connectivity index (χ0v) is 13.1. The van der Waals surface area contributed by atoms with Gasteiger partial charge in [0.2, 0.25) is 0 Å².